The van der Waals surface area contributed by atoms with Crippen molar-refractivity contribution in [2.75, 3.05) is 0 Å². The van der Waals surface area contributed by atoms with E-state index in [0.717, 1.165) is 19.2 Å². The van der Waals surface area contributed by atoms with Crippen LogP contribution in [0.15, 0.2) is 32.3 Å². The molecule has 0 amide bonds. The van der Waals surface area contributed by atoms with Crippen LogP contribution in [0.4, 0.5) is 13.2 Å². The molecule has 1 unspecified atom stereocenters. The molecule has 0 aliphatic heterocycles. The number of ketones is 1. The summed E-state index contributed by atoms with van der Waals surface area (Å²) in [7, 11) is 0.921. The molecule has 1 atom stereocenters. The first kappa shape index (κ1) is 22.9. The van der Waals surface area contributed by atoms with Crippen LogP contribution in [0.3, 0.4) is 0 Å². The summed E-state index contributed by atoms with van der Waals surface area (Å²) in [5, 5.41) is -4.01. The zero-order valence-corrected chi connectivity index (χ0v) is 17.5. The largest absolute Gasteiger partial charge is 0.451 e. The molecule has 2 rings (SSSR count). The van der Waals surface area contributed by atoms with E-state index in [1.807, 2.05) is 0 Å². The number of carbonyl (C=O) groups excluding carboxylic acids is 2. The van der Waals surface area contributed by atoms with Gasteiger partial charge >= 0.3 is 17.0 Å². The molecule has 29 heavy (non-hydrogen) atoms. The molecule has 156 valence electrons. The maximum absolute atomic E-state index is 14.5. The van der Waals surface area contributed by atoms with E-state index in [-0.39, 0.29) is 14.6 Å². The summed E-state index contributed by atoms with van der Waals surface area (Å²) in [4.78, 5) is 48.3. The Bertz CT molecular complexity index is 1120. The van der Waals surface area contributed by atoms with E-state index in [1.165, 1.54) is 13.8 Å². The number of alkyl halides is 3. The van der Waals surface area contributed by atoms with Crippen molar-refractivity contribution >= 4 is 39.3 Å². The third-order valence-corrected chi connectivity index (χ3v) is 4.81. The van der Waals surface area contributed by atoms with Gasteiger partial charge in [0.25, 0.3) is 5.56 Å². The monoisotopic (exact) mass is 496 g/mol. The van der Waals surface area contributed by atoms with E-state index < -0.39 is 51.7 Å². The highest BCUT2D eigenvalue weighted by Gasteiger charge is 2.33. The van der Waals surface area contributed by atoms with Gasteiger partial charge < -0.3 is 4.74 Å². The molecule has 0 aliphatic rings. The van der Waals surface area contributed by atoms with Crippen LogP contribution in [0, 0.1) is 5.82 Å². The van der Waals surface area contributed by atoms with Crippen molar-refractivity contribution in [2.24, 2.45) is 7.05 Å². The normalized spacial score (nSPS) is 12.6. The number of hydrogen-bond donors (Lipinski definition) is 0. The minimum Gasteiger partial charge on any atom is -0.451 e. The first-order chi connectivity index (χ1) is 13.3. The van der Waals surface area contributed by atoms with Gasteiger partial charge in [-0.2, -0.15) is 8.78 Å². The van der Waals surface area contributed by atoms with E-state index >= 15 is 0 Å². The summed E-state index contributed by atoms with van der Waals surface area (Å²) in [5.74, 6) is -2.58. The number of Topliss-reactive ketones (excluding diaryl/α,β-unsaturated/α-hetero) is 1. The van der Waals surface area contributed by atoms with Gasteiger partial charge in [-0.3, -0.25) is 14.2 Å². The number of halogens is 5. The SMILES string of the molecule is CC(=O)C(C)OC(=O)c1cc(-n2c(=O)cc(C(F)(F)Cl)n(C)c2=O)c(F)cc1Br. The Labute approximate surface area is 174 Å². The van der Waals surface area contributed by atoms with Gasteiger partial charge in [0.1, 0.15) is 11.5 Å². The van der Waals surface area contributed by atoms with Crippen molar-refractivity contribution in [1.29, 1.82) is 0 Å². The van der Waals surface area contributed by atoms with E-state index in [4.69, 9.17) is 16.3 Å². The number of nitrogens with zero attached hydrogens (tertiary/aromatic N) is 2. The number of benzene rings is 1. The Morgan fingerprint density at radius 2 is 1.83 bits per heavy atom. The van der Waals surface area contributed by atoms with Crippen molar-refractivity contribution in [1.82, 2.24) is 9.13 Å². The fourth-order valence-corrected chi connectivity index (χ4v) is 2.95. The lowest BCUT2D eigenvalue weighted by atomic mass is 10.2. The molecular weight excluding hydrogens is 485 g/mol. The number of rotatable bonds is 5. The topological polar surface area (TPSA) is 87.4 Å². The van der Waals surface area contributed by atoms with Crippen LogP contribution in [0.2, 0.25) is 0 Å². The highest BCUT2D eigenvalue weighted by molar-refractivity contribution is 9.10. The minimum absolute atomic E-state index is 0.0757. The molecule has 12 heteroatoms. The smallest absolute Gasteiger partial charge is 0.363 e. The highest BCUT2D eigenvalue weighted by atomic mass is 79.9. The molecule has 0 bridgehead atoms. The van der Waals surface area contributed by atoms with Gasteiger partial charge in [0.2, 0.25) is 0 Å². The van der Waals surface area contributed by atoms with Crippen molar-refractivity contribution in [3.63, 3.8) is 0 Å². The number of hydrogen-bond acceptors (Lipinski definition) is 5. The molecule has 0 fully saturated rings. The van der Waals surface area contributed by atoms with Crippen LogP contribution >= 0.6 is 27.5 Å². The fourth-order valence-electron chi connectivity index (χ4n) is 2.29. The summed E-state index contributed by atoms with van der Waals surface area (Å²) in [6.07, 6.45) is -1.09. The first-order valence-electron chi connectivity index (χ1n) is 7.86. The third kappa shape index (κ3) is 4.61. The lowest BCUT2D eigenvalue weighted by Gasteiger charge is -2.16. The highest BCUT2D eigenvalue weighted by Crippen LogP contribution is 2.30. The molecule has 0 N–H and O–H groups in total. The average Bonchev–Trinajstić information content (AvgIpc) is 2.58. The number of aromatic nitrogens is 2. The van der Waals surface area contributed by atoms with Crippen LogP contribution in [-0.4, -0.2) is 27.0 Å². The number of esters is 1. The van der Waals surface area contributed by atoms with Gasteiger partial charge in [-0.1, -0.05) is 0 Å². The summed E-state index contributed by atoms with van der Waals surface area (Å²) in [6, 6.07) is 2.00. The second-order valence-electron chi connectivity index (χ2n) is 5.98. The molecule has 2 aromatic rings. The van der Waals surface area contributed by atoms with Gasteiger partial charge in [0.15, 0.2) is 11.9 Å². The quantitative estimate of drug-likeness (QED) is 0.468. The average molecular weight is 498 g/mol. The fraction of sp³-hybridized carbons (Fsp3) is 0.294. The number of ether oxygens (including phenoxy) is 1. The molecule has 1 aromatic heterocycles. The maximum atomic E-state index is 14.5. The standard InChI is InChI=1S/C17H13BrClF3N2O5/c1-7(25)8(2)29-15(27)9-4-12(11(20)5-10(9)18)24-14(26)6-13(17(19,21)22)23(3)16(24)28/h4-6,8H,1-3H3. The molecule has 7 nitrogen and oxygen atoms in total. The Hall–Kier alpha value is -2.40. The van der Waals surface area contributed by atoms with Crippen molar-refractivity contribution in [2.45, 2.75) is 25.3 Å². The minimum atomic E-state index is -4.01. The van der Waals surface area contributed by atoms with Crippen molar-refractivity contribution in [3.8, 4) is 5.69 Å². The summed E-state index contributed by atoms with van der Waals surface area (Å²) >= 11 is 7.85. The Morgan fingerprint density at radius 3 is 2.34 bits per heavy atom. The Balaban J connectivity index is 2.70. The lowest BCUT2D eigenvalue weighted by Crippen LogP contribution is -2.41. The summed E-state index contributed by atoms with van der Waals surface area (Å²) in [5.41, 5.74) is -4.66. The van der Waals surface area contributed by atoms with E-state index in [0.29, 0.717) is 10.6 Å². The second kappa shape index (κ2) is 8.15. The van der Waals surface area contributed by atoms with Crippen molar-refractivity contribution in [3.05, 3.63) is 60.6 Å². The van der Waals surface area contributed by atoms with Gasteiger partial charge in [-0.05, 0) is 53.5 Å². The van der Waals surface area contributed by atoms with E-state index in [1.54, 1.807) is 0 Å². The maximum Gasteiger partial charge on any atom is 0.363 e. The molecular formula is C17H13BrClF3N2O5. The summed E-state index contributed by atoms with van der Waals surface area (Å²) < 4.78 is 46.7. The van der Waals surface area contributed by atoms with Crippen LogP contribution in [-0.2, 0) is 22.0 Å². The molecule has 0 saturated carbocycles. The zero-order chi connectivity index (χ0) is 22.3. The molecule has 0 saturated heterocycles. The molecule has 1 aromatic carbocycles. The Morgan fingerprint density at radius 1 is 1.24 bits per heavy atom. The van der Waals surface area contributed by atoms with E-state index in [2.05, 4.69) is 15.9 Å². The van der Waals surface area contributed by atoms with E-state index in [9.17, 15) is 32.3 Å². The molecule has 0 aliphatic carbocycles. The lowest BCUT2D eigenvalue weighted by molar-refractivity contribution is -0.124. The van der Waals surface area contributed by atoms with Gasteiger partial charge in [-0.15, -0.1) is 0 Å². The predicted molar refractivity (Wildman–Crippen MR) is 100 cm³/mol. The predicted octanol–water partition coefficient (Wildman–Crippen LogP) is 2.86. The van der Waals surface area contributed by atoms with Gasteiger partial charge in [0.05, 0.1) is 11.3 Å². The van der Waals surface area contributed by atoms with Crippen LogP contribution in [0.5, 0.6) is 0 Å². The molecule has 1 heterocycles. The van der Waals surface area contributed by atoms with Crippen LogP contribution in [0.25, 0.3) is 5.69 Å². The Kier molecular flexibility index (Phi) is 6.43. The van der Waals surface area contributed by atoms with Crippen molar-refractivity contribution < 1.29 is 27.5 Å². The second-order valence-corrected chi connectivity index (χ2v) is 7.31. The van der Waals surface area contributed by atoms with Crippen LogP contribution in [0.1, 0.15) is 29.9 Å². The molecule has 0 spiro atoms. The summed E-state index contributed by atoms with van der Waals surface area (Å²) in [6.45, 7) is 2.52. The van der Waals surface area contributed by atoms with Crippen LogP contribution < -0.4 is 11.2 Å². The van der Waals surface area contributed by atoms with Gasteiger partial charge in [0, 0.05) is 17.6 Å². The zero-order valence-electron chi connectivity index (χ0n) is 15.1. The number of carbonyl (C=O) groups is 2. The third-order valence-electron chi connectivity index (χ3n) is 3.96. The first-order valence-corrected chi connectivity index (χ1v) is 9.04. The van der Waals surface area contributed by atoms with Gasteiger partial charge in [-0.25, -0.2) is 18.5 Å². The molecule has 0 radical (unpaired) electrons.